The van der Waals surface area contributed by atoms with Crippen molar-refractivity contribution in [3.8, 4) is 0 Å². The maximum absolute atomic E-state index is 5.74. The fourth-order valence-electron chi connectivity index (χ4n) is 1.88. The van der Waals surface area contributed by atoms with Gasteiger partial charge in [0, 0.05) is 6.04 Å². The number of nitrogens with two attached hydrogens (primary N) is 1. The molecular formula is C13H27N. The highest BCUT2D eigenvalue weighted by molar-refractivity contribution is 4.80. The third-order valence-electron chi connectivity index (χ3n) is 2.81. The minimum Gasteiger partial charge on any atom is -0.328 e. The van der Waals surface area contributed by atoms with Gasteiger partial charge in [-0.05, 0) is 44.4 Å². The average molecular weight is 197 g/mol. The Hall–Kier alpha value is -0.300. The van der Waals surface area contributed by atoms with Crippen LogP contribution in [-0.4, -0.2) is 6.04 Å². The Balaban J connectivity index is 3.66. The summed E-state index contributed by atoms with van der Waals surface area (Å²) < 4.78 is 0. The first-order chi connectivity index (χ1) is 6.60. The van der Waals surface area contributed by atoms with E-state index < -0.39 is 0 Å². The standard InChI is InChI=1S/C13H27N/c1-5-7-13(6-2)10-11(3)8-9-12(4)14/h6,11-13H,2,5,7-10,14H2,1,3-4H3. The van der Waals surface area contributed by atoms with Crippen molar-refractivity contribution in [2.45, 2.75) is 58.9 Å². The summed E-state index contributed by atoms with van der Waals surface area (Å²) in [4.78, 5) is 0. The van der Waals surface area contributed by atoms with Gasteiger partial charge in [0.15, 0.2) is 0 Å². The topological polar surface area (TPSA) is 26.0 Å². The van der Waals surface area contributed by atoms with Crippen molar-refractivity contribution >= 4 is 0 Å². The second-order valence-electron chi connectivity index (χ2n) is 4.68. The molecule has 84 valence electrons. The molecule has 3 atom stereocenters. The smallest absolute Gasteiger partial charge is 0.00105 e. The van der Waals surface area contributed by atoms with Crippen LogP contribution < -0.4 is 5.73 Å². The van der Waals surface area contributed by atoms with Crippen molar-refractivity contribution in [2.75, 3.05) is 0 Å². The lowest BCUT2D eigenvalue weighted by atomic mass is 9.89. The monoisotopic (exact) mass is 197 g/mol. The Morgan fingerprint density at radius 2 is 1.86 bits per heavy atom. The van der Waals surface area contributed by atoms with Gasteiger partial charge in [-0.3, -0.25) is 0 Å². The summed E-state index contributed by atoms with van der Waals surface area (Å²) in [5, 5.41) is 0. The van der Waals surface area contributed by atoms with E-state index in [1.54, 1.807) is 0 Å². The first-order valence-electron chi connectivity index (χ1n) is 5.98. The lowest BCUT2D eigenvalue weighted by Crippen LogP contribution is -2.16. The predicted octanol–water partition coefficient (Wildman–Crippen LogP) is 3.74. The van der Waals surface area contributed by atoms with Crippen molar-refractivity contribution in [3.63, 3.8) is 0 Å². The van der Waals surface area contributed by atoms with Gasteiger partial charge >= 0.3 is 0 Å². The van der Waals surface area contributed by atoms with Crippen molar-refractivity contribution in [1.29, 1.82) is 0 Å². The van der Waals surface area contributed by atoms with Crippen LogP contribution in [0.15, 0.2) is 12.7 Å². The Morgan fingerprint density at radius 1 is 1.21 bits per heavy atom. The molecule has 0 radical (unpaired) electrons. The van der Waals surface area contributed by atoms with Crippen LogP contribution in [0.1, 0.15) is 52.9 Å². The second-order valence-corrected chi connectivity index (χ2v) is 4.68. The molecule has 1 heteroatoms. The predicted molar refractivity (Wildman–Crippen MR) is 65.3 cm³/mol. The third kappa shape index (κ3) is 7.14. The zero-order valence-electron chi connectivity index (χ0n) is 10.1. The molecule has 0 rings (SSSR count). The first kappa shape index (κ1) is 13.7. The number of hydrogen-bond acceptors (Lipinski definition) is 1. The van der Waals surface area contributed by atoms with Crippen LogP contribution in [0.2, 0.25) is 0 Å². The van der Waals surface area contributed by atoms with Gasteiger partial charge < -0.3 is 5.73 Å². The van der Waals surface area contributed by atoms with Gasteiger partial charge in [-0.2, -0.15) is 0 Å². The summed E-state index contributed by atoms with van der Waals surface area (Å²) in [7, 11) is 0. The summed E-state index contributed by atoms with van der Waals surface area (Å²) in [6, 6.07) is 0.353. The SMILES string of the molecule is C=CC(CCC)CC(C)CCC(C)N. The molecule has 0 amide bonds. The van der Waals surface area contributed by atoms with Crippen LogP contribution in [0.25, 0.3) is 0 Å². The van der Waals surface area contributed by atoms with Crippen molar-refractivity contribution in [1.82, 2.24) is 0 Å². The lowest BCUT2D eigenvalue weighted by molar-refractivity contribution is 0.386. The van der Waals surface area contributed by atoms with Crippen molar-refractivity contribution < 1.29 is 0 Å². The van der Waals surface area contributed by atoms with Gasteiger partial charge in [0.05, 0.1) is 0 Å². The lowest BCUT2D eigenvalue weighted by Gasteiger charge is -2.18. The van der Waals surface area contributed by atoms with Crippen molar-refractivity contribution in [2.24, 2.45) is 17.6 Å². The highest BCUT2D eigenvalue weighted by Gasteiger charge is 2.09. The van der Waals surface area contributed by atoms with E-state index in [1.807, 2.05) is 0 Å². The summed E-state index contributed by atoms with van der Waals surface area (Å²) in [6.45, 7) is 10.6. The molecule has 0 saturated carbocycles. The van der Waals surface area contributed by atoms with E-state index in [-0.39, 0.29) is 0 Å². The highest BCUT2D eigenvalue weighted by atomic mass is 14.6. The summed E-state index contributed by atoms with van der Waals surface area (Å²) in [6.07, 6.45) is 8.35. The molecule has 0 bridgehead atoms. The van der Waals surface area contributed by atoms with Crippen LogP contribution in [0.5, 0.6) is 0 Å². The molecular weight excluding hydrogens is 170 g/mol. The molecule has 0 spiro atoms. The number of allylic oxidation sites excluding steroid dienone is 1. The Kier molecular flexibility index (Phi) is 7.87. The van der Waals surface area contributed by atoms with Crippen LogP contribution in [0.4, 0.5) is 0 Å². The fraction of sp³-hybridized carbons (Fsp3) is 0.846. The van der Waals surface area contributed by atoms with Crippen LogP contribution in [0, 0.1) is 11.8 Å². The summed E-state index contributed by atoms with van der Waals surface area (Å²) in [5.41, 5.74) is 5.74. The van der Waals surface area contributed by atoms with Gasteiger partial charge in [0.1, 0.15) is 0 Å². The maximum atomic E-state index is 5.74. The van der Waals surface area contributed by atoms with Gasteiger partial charge in [-0.15, -0.1) is 6.58 Å². The van der Waals surface area contributed by atoms with Crippen molar-refractivity contribution in [3.05, 3.63) is 12.7 Å². The summed E-state index contributed by atoms with van der Waals surface area (Å²) >= 11 is 0. The molecule has 0 saturated heterocycles. The van der Waals surface area contributed by atoms with E-state index in [1.165, 1.54) is 25.7 Å². The van der Waals surface area contributed by atoms with E-state index >= 15 is 0 Å². The van der Waals surface area contributed by atoms with Gasteiger partial charge in [0.25, 0.3) is 0 Å². The number of rotatable bonds is 8. The van der Waals surface area contributed by atoms with Gasteiger partial charge in [0.2, 0.25) is 0 Å². The van der Waals surface area contributed by atoms with E-state index in [2.05, 4.69) is 33.4 Å². The molecule has 0 aromatic carbocycles. The Labute approximate surface area is 89.8 Å². The molecule has 0 aromatic rings. The van der Waals surface area contributed by atoms with E-state index in [0.717, 1.165) is 12.3 Å². The van der Waals surface area contributed by atoms with Gasteiger partial charge in [-0.25, -0.2) is 0 Å². The van der Waals surface area contributed by atoms with E-state index in [0.29, 0.717) is 12.0 Å². The minimum absolute atomic E-state index is 0.353. The molecule has 0 aromatic heterocycles. The first-order valence-corrected chi connectivity index (χ1v) is 5.98. The molecule has 1 nitrogen and oxygen atoms in total. The molecule has 14 heavy (non-hydrogen) atoms. The number of hydrogen-bond donors (Lipinski definition) is 1. The third-order valence-corrected chi connectivity index (χ3v) is 2.81. The maximum Gasteiger partial charge on any atom is 0.00105 e. The van der Waals surface area contributed by atoms with Gasteiger partial charge in [-0.1, -0.05) is 26.3 Å². The largest absolute Gasteiger partial charge is 0.328 e. The highest BCUT2D eigenvalue weighted by Crippen LogP contribution is 2.21. The van der Waals surface area contributed by atoms with E-state index in [9.17, 15) is 0 Å². The zero-order valence-corrected chi connectivity index (χ0v) is 10.1. The molecule has 0 aliphatic carbocycles. The zero-order chi connectivity index (χ0) is 11.0. The molecule has 2 N–H and O–H groups in total. The Morgan fingerprint density at radius 3 is 2.29 bits per heavy atom. The normalized spacial score (nSPS) is 17.4. The molecule has 0 fully saturated rings. The van der Waals surface area contributed by atoms with Crippen LogP contribution in [-0.2, 0) is 0 Å². The minimum atomic E-state index is 0.353. The fourth-order valence-corrected chi connectivity index (χ4v) is 1.88. The summed E-state index contributed by atoms with van der Waals surface area (Å²) in [5.74, 6) is 1.50. The average Bonchev–Trinajstić information content (AvgIpc) is 2.14. The second kappa shape index (κ2) is 8.05. The molecule has 0 aliphatic heterocycles. The van der Waals surface area contributed by atoms with Crippen LogP contribution in [0.3, 0.4) is 0 Å². The molecule has 0 heterocycles. The Bertz CT molecular complexity index is 140. The molecule has 3 unspecified atom stereocenters. The van der Waals surface area contributed by atoms with E-state index in [4.69, 9.17) is 5.73 Å². The van der Waals surface area contributed by atoms with Crippen LogP contribution >= 0.6 is 0 Å². The quantitative estimate of drug-likeness (QED) is 0.589. The molecule has 0 aliphatic rings.